The largest absolute Gasteiger partial charge is 0.478 e. The van der Waals surface area contributed by atoms with Gasteiger partial charge in [0, 0.05) is 24.8 Å². The van der Waals surface area contributed by atoms with Gasteiger partial charge in [-0.15, -0.1) is 0 Å². The predicted octanol–water partition coefficient (Wildman–Crippen LogP) is 1.97. The summed E-state index contributed by atoms with van der Waals surface area (Å²) in [7, 11) is 0. The van der Waals surface area contributed by atoms with Crippen molar-refractivity contribution in [2.24, 2.45) is 0 Å². The summed E-state index contributed by atoms with van der Waals surface area (Å²) in [6, 6.07) is 6.91. The molecule has 3 rings (SSSR count). The molecule has 0 amide bonds. The van der Waals surface area contributed by atoms with Crippen LogP contribution in [0, 0.1) is 6.92 Å². The van der Waals surface area contributed by atoms with Crippen LogP contribution in [-0.4, -0.2) is 27.1 Å². The van der Waals surface area contributed by atoms with Crippen molar-refractivity contribution in [3.63, 3.8) is 0 Å². The zero-order chi connectivity index (χ0) is 14.1. The van der Waals surface area contributed by atoms with Gasteiger partial charge in [-0.05, 0) is 18.6 Å². The SMILES string of the molecule is Cc1nccc(Oc2ccc3c(c2)OC(C(=O)O)C3)n1. The topological polar surface area (TPSA) is 81.5 Å². The van der Waals surface area contributed by atoms with Crippen LogP contribution in [0.1, 0.15) is 11.4 Å². The second kappa shape index (κ2) is 4.80. The smallest absolute Gasteiger partial charge is 0.345 e. The summed E-state index contributed by atoms with van der Waals surface area (Å²) in [5.74, 6) is 1.18. The quantitative estimate of drug-likeness (QED) is 0.919. The van der Waals surface area contributed by atoms with Gasteiger partial charge < -0.3 is 14.6 Å². The maximum atomic E-state index is 10.9. The second-order valence-electron chi connectivity index (χ2n) is 4.46. The van der Waals surface area contributed by atoms with E-state index in [1.807, 2.05) is 6.07 Å². The molecule has 20 heavy (non-hydrogen) atoms. The lowest BCUT2D eigenvalue weighted by Gasteiger charge is -2.07. The van der Waals surface area contributed by atoms with Gasteiger partial charge in [-0.25, -0.2) is 9.78 Å². The molecule has 0 fully saturated rings. The Balaban J connectivity index is 1.81. The molecule has 0 radical (unpaired) electrons. The number of carboxylic acid groups (broad SMARTS) is 1. The highest BCUT2D eigenvalue weighted by molar-refractivity contribution is 5.74. The molecule has 1 N–H and O–H groups in total. The molecule has 1 atom stereocenters. The number of rotatable bonds is 3. The third-order valence-corrected chi connectivity index (χ3v) is 2.96. The van der Waals surface area contributed by atoms with Crippen LogP contribution in [0.25, 0.3) is 0 Å². The zero-order valence-corrected chi connectivity index (χ0v) is 10.7. The Bertz CT molecular complexity index is 672. The number of aromatic nitrogens is 2. The fourth-order valence-corrected chi connectivity index (χ4v) is 2.02. The highest BCUT2D eigenvalue weighted by Gasteiger charge is 2.29. The molecule has 0 saturated heterocycles. The lowest BCUT2D eigenvalue weighted by molar-refractivity contribution is -0.144. The molecule has 102 valence electrons. The average molecular weight is 272 g/mol. The maximum absolute atomic E-state index is 10.9. The molecule has 1 aliphatic heterocycles. The van der Waals surface area contributed by atoms with E-state index < -0.39 is 12.1 Å². The van der Waals surface area contributed by atoms with E-state index in [1.54, 1.807) is 31.3 Å². The van der Waals surface area contributed by atoms with Gasteiger partial charge in [0.1, 0.15) is 17.3 Å². The van der Waals surface area contributed by atoms with Crippen molar-refractivity contribution in [1.29, 1.82) is 0 Å². The Hall–Kier alpha value is -2.63. The van der Waals surface area contributed by atoms with Crippen LogP contribution in [0.2, 0.25) is 0 Å². The molecule has 1 aromatic heterocycles. The molecule has 0 spiro atoms. The minimum absolute atomic E-state index is 0.373. The molecule has 2 aromatic rings. The van der Waals surface area contributed by atoms with E-state index in [2.05, 4.69) is 9.97 Å². The first-order valence-corrected chi connectivity index (χ1v) is 6.12. The van der Waals surface area contributed by atoms with Crippen molar-refractivity contribution in [2.45, 2.75) is 19.4 Å². The number of benzene rings is 1. The number of fused-ring (bicyclic) bond motifs is 1. The Kier molecular flexibility index (Phi) is 2.98. The first-order chi connectivity index (χ1) is 9.61. The predicted molar refractivity (Wildman–Crippen MR) is 69.0 cm³/mol. The molecule has 0 saturated carbocycles. The number of hydrogen-bond acceptors (Lipinski definition) is 5. The fourth-order valence-electron chi connectivity index (χ4n) is 2.02. The number of ether oxygens (including phenoxy) is 2. The maximum Gasteiger partial charge on any atom is 0.345 e. The molecule has 1 aromatic carbocycles. The van der Waals surface area contributed by atoms with E-state index in [0.717, 1.165) is 5.56 Å². The van der Waals surface area contributed by atoms with Gasteiger partial charge in [-0.1, -0.05) is 6.07 Å². The van der Waals surface area contributed by atoms with Gasteiger partial charge >= 0.3 is 5.97 Å². The summed E-state index contributed by atoms with van der Waals surface area (Å²) in [6.07, 6.45) is 1.17. The van der Waals surface area contributed by atoms with Crippen LogP contribution in [0.3, 0.4) is 0 Å². The first-order valence-electron chi connectivity index (χ1n) is 6.12. The van der Waals surface area contributed by atoms with Crippen LogP contribution < -0.4 is 9.47 Å². The van der Waals surface area contributed by atoms with Crippen LogP contribution in [0.15, 0.2) is 30.5 Å². The van der Waals surface area contributed by atoms with Crippen molar-refractivity contribution in [1.82, 2.24) is 9.97 Å². The number of hydrogen-bond donors (Lipinski definition) is 1. The van der Waals surface area contributed by atoms with Crippen molar-refractivity contribution in [3.8, 4) is 17.4 Å². The van der Waals surface area contributed by atoms with Crippen molar-refractivity contribution >= 4 is 5.97 Å². The van der Waals surface area contributed by atoms with E-state index in [9.17, 15) is 4.79 Å². The van der Waals surface area contributed by atoms with Crippen LogP contribution >= 0.6 is 0 Å². The van der Waals surface area contributed by atoms with Gasteiger partial charge in [0.2, 0.25) is 5.88 Å². The summed E-state index contributed by atoms with van der Waals surface area (Å²) in [5, 5.41) is 8.95. The van der Waals surface area contributed by atoms with Crippen LogP contribution in [0.5, 0.6) is 17.4 Å². The van der Waals surface area contributed by atoms with E-state index >= 15 is 0 Å². The Morgan fingerprint density at radius 1 is 1.45 bits per heavy atom. The summed E-state index contributed by atoms with van der Waals surface area (Å²) >= 11 is 0. The third kappa shape index (κ3) is 2.40. The molecule has 1 unspecified atom stereocenters. The summed E-state index contributed by atoms with van der Waals surface area (Å²) < 4.78 is 11.0. The average Bonchev–Trinajstić information content (AvgIpc) is 2.82. The Morgan fingerprint density at radius 3 is 3.05 bits per heavy atom. The first kappa shape index (κ1) is 12.4. The Labute approximate surface area is 115 Å². The Morgan fingerprint density at radius 2 is 2.30 bits per heavy atom. The van der Waals surface area contributed by atoms with Crippen molar-refractivity contribution in [3.05, 3.63) is 41.9 Å². The number of nitrogens with zero attached hydrogens (tertiary/aromatic N) is 2. The number of aryl methyl sites for hydroxylation is 1. The third-order valence-electron chi connectivity index (χ3n) is 2.96. The highest BCUT2D eigenvalue weighted by atomic mass is 16.5. The summed E-state index contributed by atoms with van der Waals surface area (Å²) in [5.41, 5.74) is 0.864. The molecule has 6 nitrogen and oxygen atoms in total. The van der Waals surface area contributed by atoms with Gasteiger partial charge in [-0.2, -0.15) is 4.98 Å². The minimum atomic E-state index is -0.963. The van der Waals surface area contributed by atoms with E-state index in [1.165, 1.54) is 0 Å². The molecule has 0 bridgehead atoms. The number of carbonyl (C=O) groups is 1. The molecule has 6 heteroatoms. The van der Waals surface area contributed by atoms with Crippen molar-refractivity contribution < 1.29 is 19.4 Å². The molecular formula is C14H12N2O4. The molecule has 2 heterocycles. The molecule has 1 aliphatic rings. The van der Waals surface area contributed by atoms with Crippen LogP contribution in [0.4, 0.5) is 0 Å². The van der Waals surface area contributed by atoms with Crippen LogP contribution in [-0.2, 0) is 11.2 Å². The highest BCUT2D eigenvalue weighted by Crippen LogP contribution is 2.33. The lowest BCUT2D eigenvalue weighted by Crippen LogP contribution is -2.24. The van der Waals surface area contributed by atoms with E-state index in [-0.39, 0.29) is 0 Å². The molecule has 0 aliphatic carbocycles. The summed E-state index contributed by atoms with van der Waals surface area (Å²) in [6.45, 7) is 1.77. The van der Waals surface area contributed by atoms with Gasteiger partial charge in [0.05, 0.1) is 0 Å². The van der Waals surface area contributed by atoms with E-state index in [0.29, 0.717) is 29.6 Å². The lowest BCUT2D eigenvalue weighted by atomic mass is 10.1. The normalized spacial score (nSPS) is 16.4. The van der Waals surface area contributed by atoms with Crippen molar-refractivity contribution in [2.75, 3.05) is 0 Å². The standard InChI is InChI=1S/C14H12N2O4/c1-8-15-5-4-13(16-8)19-10-3-2-9-6-12(14(17)18)20-11(9)7-10/h2-5,7,12H,6H2,1H3,(H,17,18). The monoisotopic (exact) mass is 272 g/mol. The zero-order valence-electron chi connectivity index (χ0n) is 10.7. The second-order valence-corrected chi connectivity index (χ2v) is 4.46. The van der Waals surface area contributed by atoms with Gasteiger partial charge in [0.15, 0.2) is 6.10 Å². The number of aliphatic carboxylic acids is 1. The summed E-state index contributed by atoms with van der Waals surface area (Å²) in [4.78, 5) is 19.0. The molecular weight excluding hydrogens is 260 g/mol. The number of carboxylic acids is 1. The van der Waals surface area contributed by atoms with E-state index in [4.69, 9.17) is 14.6 Å². The fraction of sp³-hybridized carbons (Fsp3) is 0.214. The van der Waals surface area contributed by atoms with Gasteiger partial charge in [-0.3, -0.25) is 0 Å². The minimum Gasteiger partial charge on any atom is -0.478 e. The van der Waals surface area contributed by atoms with Gasteiger partial charge in [0.25, 0.3) is 0 Å².